The molecule has 2 rings (SSSR count). The van der Waals surface area contributed by atoms with Gasteiger partial charge in [0.2, 0.25) is 0 Å². The lowest BCUT2D eigenvalue weighted by atomic mass is 10.1. The van der Waals surface area contributed by atoms with Gasteiger partial charge < -0.3 is 0 Å². The summed E-state index contributed by atoms with van der Waals surface area (Å²) in [5, 5.41) is 0. The molecule has 1 aromatic carbocycles. The second kappa shape index (κ2) is 5.71. The van der Waals surface area contributed by atoms with Crippen LogP contribution in [0.2, 0.25) is 0 Å². The summed E-state index contributed by atoms with van der Waals surface area (Å²) in [6, 6.07) is 6.44. The second-order valence-electron chi connectivity index (χ2n) is 4.70. The van der Waals surface area contributed by atoms with Crippen LogP contribution < -0.4 is 0 Å². The molecule has 1 aliphatic heterocycles. The summed E-state index contributed by atoms with van der Waals surface area (Å²) in [5.41, 5.74) is 0.923. The number of fused-ring (bicyclic) bond motifs is 1. The van der Waals surface area contributed by atoms with E-state index in [2.05, 4.69) is 12.8 Å². The van der Waals surface area contributed by atoms with Crippen LogP contribution in [0.25, 0.3) is 0 Å². The van der Waals surface area contributed by atoms with E-state index in [1.807, 2.05) is 0 Å². The first-order chi connectivity index (χ1) is 9.20. The van der Waals surface area contributed by atoms with Crippen molar-refractivity contribution in [3.63, 3.8) is 0 Å². The predicted octanol–water partition coefficient (Wildman–Crippen LogP) is 2.86. The van der Waals surface area contributed by atoms with Crippen LogP contribution in [-0.4, -0.2) is 22.8 Å². The summed E-state index contributed by atoms with van der Waals surface area (Å²) in [6.07, 6.45) is 9.24. The fraction of sp³-hybridized carbons (Fsp3) is 0.375. The minimum absolute atomic E-state index is 0.264. The van der Waals surface area contributed by atoms with Crippen LogP contribution in [0, 0.1) is 12.3 Å². The van der Waals surface area contributed by atoms with Crippen molar-refractivity contribution in [1.82, 2.24) is 4.90 Å². The molecule has 0 unspecified atom stereocenters. The van der Waals surface area contributed by atoms with Gasteiger partial charge in [0.1, 0.15) is 6.04 Å². The molecule has 1 aromatic rings. The molecular formula is C16H17NO2. The summed E-state index contributed by atoms with van der Waals surface area (Å²) in [5.74, 6) is 2.06. The number of terminal acetylenes is 1. The first kappa shape index (κ1) is 13.4. The molecule has 0 saturated heterocycles. The number of nitrogens with zero attached hydrogens (tertiary/aromatic N) is 1. The van der Waals surface area contributed by atoms with Crippen molar-refractivity contribution in [2.24, 2.45) is 0 Å². The number of carbonyl (C=O) groups is 2. The van der Waals surface area contributed by atoms with E-state index in [4.69, 9.17) is 6.42 Å². The number of imide groups is 1. The molecule has 0 N–H and O–H groups in total. The molecule has 19 heavy (non-hydrogen) atoms. The van der Waals surface area contributed by atoms with Crippen LogP contribution in [0.5, 0.6) is 0 Å². The Morgan fingerprint density at radius 2 is 1.74 bits per heavy atom. The molecule has 0 fully saturated rings. The predicted molar refractivity (Wildman–Crippen MR) is 73.7 cm³/mol. The lowest BCUT2D eigenvalue weighted by Gasteiger charge is -2.21. The molecular weight excluding hydrogens is 238 g/mol. The van der Waals surface area contributed by atoms with Gasteiger partial charge in [-0.3, -0.25) is 14.5 Å². The first-order valence-electron chi connectivity index (χ1n) is 6.63. The summed E-state index contributed by atoms with van der Waals surface area (Å²) in [7, 11) is 0. The SMILES string of the molecule is C#C[C@@H](CCCCC)N1C(=O)c2ccccc2C1=O. The van der Waals surface area contributed by atoms with Crippen LogP contribution in [0.15, 0.2) is 24.3 Å². The second-order valence-corrected chi connectivity index (χ2v) is 4.70. The van der Waals surface area contributed by atoms with Gasteiger partial charge in [0, 0.05) is 0 Å². The Labute approximate surface area is 113 Å². The molecule has 0 aromatic heterocycles. The topological polar surface area (TPSA) is 37.4 Å². The molecule has 1 atom stereocenters. The first-order valence-corrected chi connectivity index (χ1v) is 6.63. The van der Waals surface area contributed by atoms with E-state index >= 15 is 0 Å². The molecule has 98 valence electrons. The molecule has 0 spiro atoms. The number of unbranched alkanes of at least 4 members (excludes halogenated alkanes) is 2. The summed E-state index contributed by atoms with van der Waals surface area (Å²) < 4.78 is 0. The average molecular weight is 255 g/mol. The van der Waals surface area contributed by atoms with Crippen molar-refractivity contribution in [1.29, 1.82) is 0 Å². The number of amides is 2. The molecule has 2 amide bonds. The van der Waals surface area contributed by atoms with Gasteiger partial charge in [-0.25, -0.2) is 0 Å². The summed E-state index contributed by atoms with van der Waals surface area (Å²) in [6.45, 7) is 2.10. The van der Waals surface area contributed by atoms with Gasteiger partial charge in [0.25, 0.3) is 11.8 Å². The van der Waals surface area contributed by atoms with E-state index in [9.17, 15) is 9.59 Å². The third kappa shape index (κ3) is 2.39. The Kier molecular flexibility index (Phi) is 4.01. The van der Waals surface area contributed by atoms with E-state index in [1.54, 1.807) is 24.3 Å². The van der Waals surface area contributed by atoms with Crippen LogP contribution in [0.3, 0.4) is 0 Å². The lowest BCUT2D eigenvalue weighted by molar-refractivity contribution is 0.0613. The zero-order valence-electron chi connectivity index (χ0n) is 11.1. The molecule has 3 nitrogen and oxygen atoms in total. The van der Waals surface area contributed by atoms with Gasteiger partial charge in [0.05, 0.1) is 11.1 Å². The standard InChI is InChI=1S/C16H17NO2/c1-3-5-6-9-12(4-2)17-15(18)13-10-7-8-11-14(13)16(17)19/h2,7-8,10-12H,3,5-6,9H2,1H3/t12-/m0/s1. The molecule has 1 aliphatic rings. The fourth-order valence-corrected chi connectivity index (χ4v) is 2.37. The van der Waals surface area contributed by atoms with E-state index in [1.165, 1.54) is 4.90 Å². The van der Waals surface area contributed by atoms with Gasteiger partial charge >= 0.3 is 0 Å². The van der Waals surface area contributed by atoms with Crippen molar-refractivity contribution in [3.05, 3.63) is 35.4 Å². The highest BCUT2D eigenvalue weighted by molar-refractivity contribution is 6.21. The normalized spacial score (nSPS) is 15.3. The largest absolute Gasteiger partial charge is 0.269 e. The maximum atomic E-state index is 12.2. The maximum absolute atomic E-state index is 12.2. The number of hydrogen-bond acceptors (Lipinski definition) is 2. The van der Waals surface area contributed by atoms with Crippen LogP contribution >= 0.6 is 0 Å². The van der Waals surface area contributed by atoms with Crippen molar-refractivity contribution < 1.29 is 9.59 Å². The monoisotopic (exact) mass is 255 g/mol. The Balaban J connectivity index is 2.20. The molecule has 1 heterocycles. The molecule has 0 saturated carbocycles. The highest BCUT2D eigenvalue weighted by Crippen LogP contribution is 2.25. The van der Waals surface area contributed by atoms with Crippen LogP contribution in [-0.2, 0) is 0 Å². The van der Waals surface area contributed by atoms with Crippen molar-refractivity contribution in [3.8, 4) is 12.3 Å². The molecule has 3 heteroatoms. The van der Waals surface area contributed by atoms with Crippen LogP contribution in [0.4, 0.5) is 0 Å². The van der Waals surface area contributed by atoms with Crippen molar-refractivity contribution >= 4 is 11.8 Å². The fourth-order valence-electron chi connectivity index (χ4n) is 2.37. The Hall–Kier alpha value is -2.08. The third-order valence-electron chi connectivity index (χ3n) is 3.41. The van der Waals surface area contributed by atoms with Gasteiger partial charge in [-0.2, -0.15) is 0 Å². The van der Waals surface area contributed by atoms with E-state index in [0.717, 1.165) is 19.3 Å². The molecule has 0 aliphatic carbocycles. The summed E-state index contributed by atoms with van der Waals surface area (Å²) in [4.78, 5) is 25.7. The lowest BCUT2D eigenvalue weighted by Crippen LogP contribution is -2.39. The smallest absolute Gasteiger partial charge is 0.262 e. The van der Waals surface area contributed by atoms with Crippen LogP contribution in [0.1, 0.15) is 53.3 Å². The van der Waals surface area contributed by atoms with Gasteiger partial charge in [-0.15, -0.1) is 6.42 Å². The Morgan fingerprint density at radius 1 is 1.16 bits per heavy atom. The quantitative estimate of drug-likeness (QED) is 0.461. The molecule has 0 radical (unpaired) electrons. The zero-order valence-corrected chi connectivity index (χ0v) is 11.1. The average Bonchev–Trinajstić information content (AvgIpc) is 2.69. The number of rotatable bonds is 5. The van der Waals surface area contributed by atoms with Gasteiger partial charge in [-0.05, 0) is 18.6 Å². The number of hydrogen-bond donors (Lipinski definition) is 0. The highest BCUT2D eigenvalue weighted by atomic mass is 16.2. The van der Waals surface area contributed by atoms with Crippen molar-refractivity contribution in [2.75, 3.05) is 0 Å². The zero-order chi connectivity index (χ0) is 13.8. The van der Waals surface area contributed by atoms with E-state index in [-0.39, 0.29) is 11.8 Å². The number of carbonyl (C=O) groups excluding carboxylic acids is 2. The Bertz CT molecular complexity index is 507. The van der Waals surface area contributed by atoms with E-state index < -0.39 is 6.04 Å². The summed E-state index contributed by atoms with van der Waals surface area (Å²) >= 11 is 0. The van der Waals surface area contributed by atoms with E-state index in [0.29, 0.717) is 17.5 Å². The minimum atomic E-state index is -0.432. The highest BCUT2D eigenvalue weighted by Gasteiger charge is 2.38. The molecule has 0 bridgehead atoms. The van der Waals surface area contributed by atoms with Crippen molar-refractivity contribution in [2.45, 2.75) is 38.6 Å². The Morgan fingerprint density at radius 3 is 2.21 bits per heavy atom. The van der Waals surface area contributed by atoms with Gasteiger partial charge in [0.15, 0.2) is 0 Å². The number of benzene rings is 1. The third-order valence-corrected chi connectivity index (χ3v) is 3.41. The van der Waals surface area contributed by atoms with Gasteiger partial charge in [-0.1, -0.05) is 44.2 Å². The minimum Gasteiger partial charge on any atom is -0.269 e. The maximum Gasteiger partial charge on any atom is 0.262 e.